The summed E-state index contributed by atoms with van der Waals surface area (Å²) in [5.41, 5.74) is 7.14. The maximum absolute atomic E-state index is 12.3. The fourth-order valence-electron chi connectivity index (χ4n) is 1.84. The molecule has 0 fully saturated rings. The van der Waals surface area contributed by atoms with Crippen molar-refractivity contribution in [3.63, 3.8) is 0 Å². The van der Waals surface area contributed by atoms with Gasteiger partial charge in [0.25, 0.3) is 10.0 Å². The van der Waals surface area contributed by atoms with Crippen LogP contribution in [0.2, 0.25) is 0 Å². The summed E-state index contributed by atoms with van der Waals surface area (Å²) in [4.78, 5) is 4.18. The zero-order valence-electron chi connectivity index (χ0n) is 11.5. The van der Waals surface area contributed by atoms with Gasteiger partial charge in [-0.05, 0) is 46.1 Å². The second kappa shape index (κ2) is 6.44. The number of aromatic nitrogens is 1. The van der Waals surface area contributed by atoms with Gasteiger partial charge in [-0.1, -0.05) is 25.5 Å². The number of rotatable bonds is 5. The molecule has 1 aromatic carbocycles. The first-order valence-electron chi connectivity index (χ1n) is 6.45. The number of halogens is 1. The maximum Gasteiger partial charge on any atom is 0.263 e. The predicted octanol–water partition coefficient (Wildman–Crippen LogP) is 3.18. The molecular formula is C14H16BrN3O2S. The lowest BCUT2D eigenvalue weighted by Crippen LogP contribution is -2.14. The Hall–Kier alpha value is -1.60. The van der Waals surface area contributed by atoms with E-state index in [-0.39, 0.29) is 10.7 Å². The second-order valence-electron chi connectivity index (χ2n) is 4.60. The highest BCUT2D eigenvalue weighted by atomic mass is 79.9. The highest BCUT2D eigenvalue weighted by Gasteiger charge is 2.16. The molecule has 0 aliphatic heterocycles. The molecule has 5 nitrogen and oxygen atoms in total. The summed E-state index contributed by atoms with van der Waals surface area (Å²) >= 11 is 3.24. The van der Waals surface area contributed by atoms with Crippen molar-refractivity contribution in [1.82, 2.24) is 4.98 Å². The van der Waals surface area contributed by atoms with Gasteiger partial charge >= 0.3 is 0 Å². The summed E-state index contributed by atoms with van der Waals surface area (Å²) in [7, 11) is -3.66. The minimum atomic E-state index is -3.66. The molecule has 21 heavy (non-hydrogen) atoms. The molecule has 2 rings (SSSR count). The molecule has 0 spiro atoms. The van der Waals surface area contributed by atoms with Crippen LogP contribution in [0.15, 0.2) is 45.9 Å². The largest absolute Gasteiger partial charge is 0.397 e. The summed E-state index contributed by atoms with van der Waals surface area (Å²) in [6, 6.07) is 8.43. The van der Waals surface area contributed by atoms with E-state index in [0.717, 1.165) is 18.4 Å². The van der Waals surface area contributed by atoms with Crippen LogP contribution in [0.1, 0.15) is 18.9 Å². The fraction of sp³-hybridized carbons (Fsp3) is 0.214. The van der Waals surface area contributed by atoms with Crippen molar-refractivity contribution >= 4 is 37.5 Å². The number of sulfonamides is 1. The zero-order valence-corrected chi connectivity index (χ0v) is 13.9. The third-order valence-corrected chi connectivity index (χ3v) is 4.83. The van der Waals surface area contributed by atoms with Crippen molar-refractivity contribution in [3.8, 4) is 0 Å². The number of nitrogen functional groups attached to an aromatic ring is 1. The molecule has 0 bridgehead atoms. The van der Waals surface area contributed by atoms with E-state index in [1.165, 1.54) is 6.20 Å². The molecule has 0 amide bonds. The number of aryl methyl sites for hydroxylation is 1. The highest BCUT2D eigenvalue weighted by molar-refractivity contribution is 9.10. The molecule has 0 radical (unpaired) electrons. The minimum Gasteiger partial charge on any atom is -0.397 e. The Kier molecular flexibility index (Phi) is 4.84. The number of hydrogen-bond donors (Lipinski definition) is 2. The van der Waals surface area contributed by atoms with Crippen LogP contribution in [-0.2, 0) is 16.4 Å². The fourth-order valence-corrected chi connectivity index (χ4v) is 3.46. The number of hydrogen-bond acceptors (Lipinski definition) is 4. The van der Waals surface area contributed by atoms with Gasteiger partial charge in [-0.15, -0.1) is 0 Å². The number of anilines is 2. The average molecular weight is 370 g/mol. The van der Waals surface area contributed by atoms with Crippen LogP contribution in [-0.4, -0.2) is 13.4 Å². The number of pyridine rings is 1. The number of nitrogens with two attached hydrogens (primary N) is 1. The Labute approximate surface area is 132 Å². The van der Waals surface area contributed by atoms with E-state index in [1.807, 2.05) is 12.1 Å². The van der Waals surface area contributed by atoms with E-state index in [9.17, 15) is 8.42 Å². The van der Waals surface area contributed by atoms with Crippen molar-refractivity contribution in [2.75, 3.05) is 10.5 Å². The smallest absolute Gasteiger partial charge is 0.263 e. The zero-order chi connectivity index (χ0) is 15.5. The summed E-state index contributed by atoms with van der Waals surface area (Å²) in [6.07, 6.45) is 3.35. The Morgan fingerprint density at radius 1 is 1.29 bits per heavy atom. The Bertz CT molecular complexity index is 730. The first-order chi connectivity index (χ1) is 9.92. The molecule has 1 aromatic heterocycles. The normalized spacial score (nSPS) is 11.3. The average Bonchev–Trinajstić information content (AvgIpc) is 2.43. The topological polar surface area (TPSA) is 85.1 Å². The van der Waals surface area contributed by atoms with E-state index in [4.69, 9.17) is 5.73 Å². The van der Waals surface area contributed by atoms with Crippen LogP contribution in [0.25, 0.3) is 0 Å². The molecule has 3 N–H and O–H groups in total. The van der Waals surface area contributed by atoms with Gasteiger partial charge in [-0.3, -0.25) is 4.72 Å². The van der Waals surface area contributed by atoms with E-state index >= 15 is 0 Å². The van der Waals surface area contributed by atoms with Crippen molar-refractivity contribution in [2.24, 2.45) is 0 Å². The van der Waals surface area contributed by atoms with Crippen molar-refractivity contribution < 1.29 is 8.42 Å². The molecule has 0 aliphatic carbocycles. The van der Waals surface area contributed by atoms with Crippen LogP contribution in [0.3, 0.4) is 0 Å². The van der Waals surface area contributed by atoms with E-state index in [1.54, 1.807) is 18.2 Å². The van der Waals surface area contributed by atoms with Crippen LogP contribution in [0.4, 0.5) is 11.5 Å². The first-order valence-corrected chi connectivity index (χ1v) is 8.73. The molecule has 0 unspecified atom stereocenters. The lowest BCUT2D eigenvalue weighted by atomic mass is 10.1. The van der Waals surface area contributed by atoms with Crippen LogP contribution in [0, 0.1) is 0 Å². The highest BCUT2D eigenvalue weighted by Crippen LogP contribution is 2.24. The lowest BCUT2D eigenvalue weighted by molar-refractivity contribution is 0.601. The molecule has 1 heterocycles. The van der Waals surface area contributed by atoms with E-state index in [0.29, 0.717) is 10.2 Å². The SMILES string of the molecule is CCCc1ccc(S(=O)(=O)Nc2ncc(N)cc2Br)cc1. The Balaban J connectivity index is 2.25. The second-order valence-corrected chi connectivity index (χ2v) is 7.14. The third-order valence-electron chi connectivity index (χ3n) is 2.87. The number of nitrogens with zero attached hydrogens (tertiary/aromatic N) is 1. The first kappa shape index (κ1) is 15.8. The monoisotopic (exact) mass is 369 g/mol. The quantitative estimate of drug-likeness (QED) is 0.847. The lowest BCUT2D eigenvalue weighted by Gasteiger charge is -2.09. The number of nitrogens with one attached hydrogen (secondary N) is 1. The van der Waals surface area contributed by atoms with Gasteiger partial charge in [-0.2, -0.15) is 0 Å². The standard InChI is InChI=1S/C14H16BrN3O2S/c1-2-3-10-4-6-12(7-5-10)21(19,20)18-14-13(15)8-11(16)9-17-14/h4-9H,2-3,16H2,1H3,(H,17,18). The summed E-state index contributed by atoms with van der Waals surface area (Å²) in [5, 5.41) is 0. The van der Waals surface area contributed by atoms with Gasteiger partial charge < -0.3 is 5.73 Å². The summed E-state index contributed by atoms with van der Waals surface area (Å²) in [6.45, 7) is 2.08. The predicted molar refractivity (Wildman–Crippen MR) is 87.6 cm³/mol. The van der Waals surface area contributed by atoms with Crippen LogP contribution >= 0.6 is 15.9 Å². The maximum atomic E-state index is 12.3. The van der Waals surface area contributed by atoms with Crippen LogP contribution in [0.5, 0.6) is 0 Å². The van der Waals surface area contributed by atoms with E-state index in [2.05, 4.69) is 32.6 Å². The third kappa shape index (κ3) is 3.95. The Morgan fingerprint density at radius 3 is 2.52 bits per heavy atom. The Morgan fingerprint density at radius 2 is 1.95 bits per heavy atom. The number of benzene rings is 1. The minimum absolute atomic E-state index is 0.202. The molecule has 112 valence electrons. The van der Waals surface area contributed by atoms with Crippen molar-refractivity contribution in [2.45, 2.75) is 24.7 Å². The van der Waals surface area contributed by atoms with Crippen molar-refractivity contribution in [1.29, 1.82) is 0 Å². The molecule has 0 saturated heterocycles. The van der Waals surface area contributed by atoms with Crippen LogP contribution < -0.4 is 10.5 Å². The molecule has 7 heteroatoms. The summed E-state index contributed by atoms with van der Waals surface area (Å²) < 4.78 is 27.5. The van der Waals surface area contributed by atoms with Gasteiger partial charge in [0.2, 0.25) is 0 Å². The molecule has 2 aromatic rings. The molecule has 0 aliphatic rings. The van der Waals surface area contributed by atoms with Gasteiger partial charge in [0.05, 0.1) is 21.3 Å². The molecule has 0 saturated carbocycles. The molecule has 0 atom stereocenters. The summed E-state index contributed by atoms with van der Waals surface area (Å²) in [5.74, 6) is 0.210. The molecular weight excluding hydrogens is 354 g/mol. The van der Waals surface area contributed by atoms with E-state index < -0.39 is 10.0 Å². The van der Waals surface area contributed by atoms with Gasteiger partial charge in [-0.25, -0.2) is 13.4 Å². The van der Waals surface area contributed by atoms with Gasteiger partial charge in [0, 0.05) is 0 Å². The van der Waals surface area contributed by atoms with Gasteiger partial charge in [0.1, 0.15) is 0 Å². The van der Waals surface area contributed by atoms with Gasteiger partial charge in [0.15, 0.2) is 5.82 Å². The van der Waals surface area contributed by atoms with Crippen molar-refractivity contribution in [3.05, 3.63) is 46.6 Å².